The first-order valence-electron chi connectivity index (χ1n) is 7.31. The number of piperazine rings is 1. The SMILES string of the molecule is CCCCN1C(=O)C(C(C)(C)C)NC(=O)C1(C)CC. The third-order valence-electron chi connectivity index (χ3n) is 4.16. The fraction of sp³-hybridized carbons (Fsp3) is 0.867. The Hall–Kier alpha value is -1.06. The summed E-state index contributed by atoms with van der Waals surface area (Å²) in [5, 5.41) is 2.92. The van der Waals surface area contributed by atoms with Crippen LogP contribution in [0.1, 0.15) is 60.8 Å². The quantitative estimate of drug-likeness (QED) is 0.850. The summed E-state index contributed by atoms with van der Waals surface area (Å²) in [5.41, 5.74) is -0.958. The topological polar surface area (TPSA) is 49.4 Å². The van der Waals surface area contributed by atoms with E-state index in [1.165, 1.54) is 0 Å². The van der Waals surface area contributed by atoms with Crippen molar-refractivity contribution in [2.75, 3.05) is 6.54 Å². The van der Waals surface area contributed by atoms with Crippen molar-refractivity contribution in [2.24, 2.45) is 5.41 Å². The van der Waals surface area contributed by atoms with Gasteiger partial charge >= 0.3 is 0 Å². The second-order valence-electron chi connectivity index (χ2n) is 6.74. The Balaban J connectivity index is 3.09. The zero-order valence-corrected chi connectivity index (χ0v) is 13.2. The number of hydrogen-bond donors (Lipinski definition) is 1. The number of hydrogen-bond acceptors (Lipinski definition) is 2. The van der Waals surface area contributed by atoms with Gasteiger partial charge < -0.3 is 10.2 Å². The molecule has 0 bridgehead atoms. The van der Waals surface area contributed by atoms with Crippen molar-refractivity contribution >= 4 is 11.8 Å². The van der Waals surface area contributed by atoms with E-state index in [0.717, 1.165) is 12.8 Å². The van der Waals surface area contributed by atoms with Crippen molar-refractivity contribution in [2.45, 2.75) is 72.4 Å². The first kappa shape index (κ1) is 16.0. The fourth-order valence-corrected chi connectivity index (χ4v) is 2.48. The Morgan fingerprint density at radius 3 is 2.26 bits per heavy atom. The van der Waals surface area contributed by atoms with E-state index in [1.54, 1.807) is 4.90 Å². The predicted molar refractivity (Wildman–Crippen MR) is 76.7 cm³/mol. The van der Waals surface area contributed by atoms with Crippen molar-refractivity contribution in [3.8, 4) is 0 Å². The van der Waals surface area contributed by atoms with Crippen molar-refractivity contribution in [3.05, 3.63) is 0 Å². The molecule has 0 radical (unpaired) electrons. The second kappa shape index (κ2) is 5.51. The number of rotatable bonds is 4. The van der Waals surface area contributed by atoms with Crippen LogP contribution in [0.4, 0.5) is 0 Å². The van der Waals surface area contributed by atoms with E-state index in [1.807, 2.05) is 34.6 Å². The zero-order chi connectivity index (χ0) is 14.8. The molecule has 2 unspecified atom stereocenters. The minimum Gasteiger partial charge on any atom is -0.342 e. The van der Waals surface area contributed by atoms with E-state index >= 15 is 0 Å². The van der Waals surface area contributed by atoms with Crippen LogP contribution in [-0.4, -0.2) is 34.8 Å². The molecule has 1 saturated heterocycles. The Morgan fingerprint density at radius 2 is 1.84 bits per heavy atom. The molecule has 4 heteroatoms. The van der Waals surface area contributed by atoms with Crippen molar-refractivity contribution in [1.82, 2.24) is 10.2 Å². The lowest BCUT2D eigenvalue weighted by Gasteiger charge is -2.49. The number of nitrogens with zero attached hydrogens (tertiary/aromatic N) is 1. The molecule has 110 valence electrons. The van der Waals surface area contributed by atoms with Crippen LogP contribution in [0.25, 0.3) is 0 Å². The summed E-state index contributed by atoms with van der Waals surface area (Å²) in [4.78, 5) is 26.9. The molecule has 4 nitrogen and oxygen atoms in total. The van der Waals surface area contributed by atoms with Crippen LogP contribution in [-0.2, 0) is 9.59 Å². The smallest absolute Gasteiger partial charge is 0.246 e. The molecule has 1 N–H and O–H groups in total. The first-order valence-corrected chi connectivity index (χ1v) is 7.31. The van der Waals surface area contributed by atoms with Gasteiger partial charge in [0.05, 0.1) is 0 Å². The Kier molecular flexibility index (Phi) is 4.64. The minimum absolute atomic E-state index is 0.0226. The Labute approximate surface area is 116 Å². The highest BCUT2D eigenvalue weighted by Gasteiger charge is 2.50. The molecule has 2 amide bonds. The molecule has 0 aromatic rings. The van der Waals surface area contributed by atoms with Crippen molar-refractivity contribution in [1.29, 1.82) is 0 Å². The molecular weight excluding hydrogens is 240 g/mol. The molecule has 0 saturated carbocycles. The van der Waals surface area contributed by atoms with Crippen molar-refractivity contribution < 1.29 is 9.59 Å². The maximum Gasteiger partial charge on any atom is 0.246 e. The van der Waals surface area contributed by atoms with E-state index in [4.69, 9.17) is 0 Å². The van der Waals surface area contributed by atoms with E-state index in [2.05, 4.69) is 12.2 Å². The third-order valence-corrected chi connectivity index (χ3v) is 4.16. The maximum atomic E-state index is 12.7. The van der Waals surface area contributed by atoms with Crippen LogP contribution in [0.5, 0.6) is 0 Å². The second-order valence-corrected chi connectivity index (χ2v) is 6.74. The van der Waals surface area contributed by atoms with Gasteiger partial charge in [0.1, 0.15) is 11.6 Å². The van der Waals surface area contributed by atoms with Gasteiger partial charge in [0, 0.05) is 6.54 Å². The predicted octanol–water partition coefficient (Wildman–Crippen LogP) is 2.33. The number of unbranched alkanes of at least 4 members (excludes halogenated alkanes) is 1. The third kappa shape index (κ3) is 2.93. The van der Waals surface area contributed by atoms with Crippen LogP contribution in [0, 0.1) is 5.41 Å². The molecule has 1 rings (SSSR count). The van der Waals surface area contributed by atoms with Crippen LogP contribution < -0.4 is 5.32 Å². The van der Waals surface area contributed by atoms with Gasteiger partial charge in [0.2, 0.25) is 11.8 Å². The van der Waals surface area contributed by atoms with Gasteiger partial charge in [-0.15, -0.1) is 0 Å². The van der Waals surface area contributed by atoms with Gasteiger partial charge in [-0.1, -0.05) is 41.0 Å². The average molecular weight is 268 g/mol. The van der Waals surface area contributed by atoms with Gasteiger partial charge in [0.15, 0.2) is 0 Å². The zero-order valence-electron chi connectivity index (χ0n) is 13.2. The Morgan fingerprint density at radius 1 is 1.26 bits per heavy atom. The molecule has 0 aliphatic carbocycles. The number of carbonyl (C=O) groups excluding carboxylic acids is 2. The normalized spacial score (nSPS) is 28.5. The van der Waals surface area contributed by atoms with Crippen LogP contribution >= 0.6 is 0 Å². The monoisotopic (exact) mass is 268 g/mol. The van der Waals surface area contributed by atoms with E-state index < -0.39 is 11.6 Å². The lowest BCUT2D eigenvalue weighted by Crippen LogP contribution is -2.71. The van der Waals surface area contributed by atoms with Crippen LogP contribution in [0.2, 0.25) is 0 Å². The van der Waals surface area contributed by atoms with Gasteiger partial charge in [-0.2, -0.15) is 0 Å². The van der Waals surface area contributed by atoms with Gasteiger partial charge in [-0.25, -0.2) is 0 Å². The van der Waals surface area contributed by atoms with E-state index in [0.29, 0.717) is 13.0 Å². The molecule has 0 spiro atoms. The molecule has 1 aliphatic heterocycles. The molecule has 19 heavy (non-hydrogen) atoms. The van der Waals surface area contributed by atoms with Gasteiger partial charge in [0.25, 0.3) is 0 Å². The van der Waals surface area contributed by atoms with Gasteiger partial charge in [-0.3, -0.25) is 9.59 Å². The van der Waals surface area contributed by atoms with E-state index in [9.17, 15) is 9.59 Å². The maximum absolute atomic E-state index is 12.7. The summed E-state index contributed by atoms with van der Waals surface area (Å²) < 4.78 is 0. The summed E-state index contributed by atoms with van der Waals surface area (Å²) in [5.74, 6) is 0.0375. The molecule has 1 aliphatic rings. The lowest BCUT2D eigenvalue weighted by molar-refractivity contribution is -0.159. The van der Waals surface area contributed by atoms with Gasteiger partial charge in [-0.05, 0) is 25.2 Å². The number of nitrogens with one attached hydrogen (secondary N) is 1. The highest BCUT2D eigenvalue weighted by Crippen LogP contribution is 2.31. The molecular formula is C15H28N2O2. The summed E-state index contributed by atoms with van der Waals surface area (Å²) in [6, 6.07) is -0.420. The lowest BCUT2D eigenvalue weighted by atomic mass is 9.80. The number of amides is 2. The fourth-order valence-electron chi connectivity index (χ4n) is 2.48. The summed E-state index contributed by atoms with van der Waals surface area (Å²) in [6.07, 6.45) is 2.60. The van der Waals surface area contributed by atoms with Crippen LogP contribution in [0.3, 0.4) is 0 Å². The first-order chi connectivity index (χ1) is 8.68. The molecule has 0 aromatic carbocycles. The highest BCUT2D eigenvalue weighted by molar-refractivity contribution is 5.99. The van der Waals surface area contributed by atoms with Crippen molar-refractivity contribution in [3.63, 3.8) is 0 Å². The van der Waals surface area contributed by atoms with Crippen LogP contribution in [0.15, 0.2) is 0 Å². The Bertz CT molecular complexity index is 360. The van der Waals surface area contributed by atoms with E-state index in [-0.39, 0.29) is 17.2 Å². The molecule has 1 fully saturated rings. The minimum atomic E-state index is -0.700. The summed E-state index contributed by atoms with van der Waals surface area (Å²) in [6.45, 7) is 12.6. The highest BCUT2D eigenvalue weighted by atomic mass is 16.2. The molecule has 2 atom stereocenters. The molecule has 0 aromatic heterocycles. The average Bonchev–Trinajstić information content (AvgIpc) is 2.32. The standard InChI is InChI=1S/C15H28N2O2/c1-7-9-10-17-12(18)11(14(3,4)5)16-13(19)15(17,6)8-2/h11H,7-10H2,1-6H3,(H,16,19). The molecule has 1 heterocycles. The number of carbonyl (C=O) groups is 2. The largest absolute Gasteiger partial charge is 0.342 e. The summed E-state index contributed by atoms with van der Waals surface area (Å²) >= 11 is 0. The summed E-state index contributed by atoms with van der Waals surface area (Å²) in [7, 11) is 0.